The van der Waals surface area contributed by atoms with Gasteiger partial charge in [-0.1, -0.05) is 36.4 Å². The van der Waals surface area contributed by atoms with Crippen molar-refractivity contribution in [3.63, 3.8) is 0 Å². The van der Waals surface area contributed by atoms with E-state index in [9.17, 15) is 5.26 Å². The van der Waals surface area contributed by atoms with Crippen LogP contribution in [0.1, 0.15) is 23.5 Å². The molecule has 3 nitrogen and oxygen atoms in total. The predicted octanol–water partition coefficient (Wildman–Crippen LogP) is 3.94. The Labute approximate surface area is 125 Å². The summed E-state index contributed by atoms with van der Waals surface area (Å²) in [5.41, 5.74) is 2.21. The first-order valence-electron chi connectivity index (χ1n) is 6.94. The molecule has 0 radical (unpaired) electrons. The number of aryl methyl sites for hydroxylation is 1. The lowest BCUT2D eigenvalue weighted by molar-refractivity contribution is 0.354. The molecule has 2 rings (SSSR count). The van der Waals surface area contributed by atoms with Crippen molar-refractivity contribution < 1.29 is 9.47 Å². The predicted molar refractivity (Wildman–Crippen MR) is 82.7 cm³/mol. The van der Waals surface area contributed by atoms with Crippen LogP contribution in [0.3, 0.4) is 0 Å². The number of hydrogen-bond acceptors (Lipinski definition) is 3. The molecule has 2 aromatic rings. The SMILES string of the molecule is COc1ccc(C(C#N)CCc2ccccc2)cc1OC. The Morgan fingerprint density at radius 1 is 1.00 bits per heavy atom. The van der Waals surface area contributed by atoms with Gasteiger partial charge in [-0.15, -0.1) is 0 Å². The Bertz CT molecular complexity index is 617. The van der Waals surface area contributed by atoms with Gasteiger partial charge in [0.05, 0.1) is 26.2 Å². The van der Waals surface area contributed by atoms with Crippen LogP contribution in [0.15, 0.2) is 48.5 Å². The largest absolute Gasteiger partial charge is 0.493 e. The van der Waals surface area contributed by atoms with E-state index in [4.69, 9.17) is 9.47 Å². The molecule has 0 saturated carbocycles. The van der Waals surface area contributed by atoms with Crippen LogP contribution in [0.25, 0.3) is 0 Å². The van der Waals surface area contributed by atoms with Gasteiger partial charge in [0, 0.05) is 0 Å². The fourth-order valence-corrected chi connectivity index (χ4v) is 2.33. The van der Waals surface area contributed by atoms with Crippen LogP contribution in [0.4, 0.5) is 0 Å². The van der Waals surface area contributed by atoms with Crippen LogP contribution < -0.4 is 9.47 Å². The summed E-state index contributed by atoms with van der Waals surface area (Å²) in [7, 11) is 3.21. The van der Waals surface area contributed by atoms with Gasteiger partial charge in [-0.05, 0) is 36.1 Å². The zero-order valence-electron chi connectivity index (χ0n) is 12.4. The summed E-state index contributed by atoms with van der Waals surface area (Å²) >= 11 is 0. The number of nitriles is 1. The minimum absolute atomic E-state index is 0.148. The first-order chi connectivity index (χ1) is 10.3. The molecular formula is C18H19NO2. The Morgan fingerprint density at radius 3 is 2.33 bits per heavy atom. The van der Waals surface area contributed by atoms with Crippen LogP contribution in [0.2, 0.25) is 0 Å². The quantitative estimate of drug-likeness (QED) is 0.805. The molecule has 0 aliphatic carbocycles. The average Bonchev–Trinajstić information content (AvgIpc) is 2.56. The highest BCUT2D eigenvalue weighted by molar-refractivity contribution is 5.45. The molecule has 0 amide bonds. The lowest BCUT2D eigenvalue weighted by atomic mass is 9.93. The van der Waals surface area contributed by atoms with Crippen molar-refractivity contribution in [1.82, 2.24) is 0 Å². The van der Waals surface area contributed by atoms with E-state index >= 15 is 0 Å². The maximum absolute atomic E-state index is 9.43. The fraction of sp³-hybridized carbons (Fsp3) is 0.278. The van der Waals surface area contributed by atoms with Gasteiger partial charge in [0.25, 0.3) is 0 Å². The molecule has 3 heteroatoms. The van der Waals surface area contributed by atoms with Crippen molar-refractivity contribution in [2.45, 2.75) is 18.8 Å². The first kappa shape index (κ1) is 14.9. The van der Waals surface area contributed by atoms with E-state index in [0.717, 1.165) is 18.4 Å². The number of benzene rings is 2. The molecule has 0 aromatic heterocycles. The summed E-state index contributed by atoms with van der Waals surface area (Å²) in [6.07, 6.45) is 1.67. The minimum atomic E-state index is -0.148. The summed E-state index contributed by atoms with van der Waals surface area (Å²) in [6, 6.07) is 18.3. The second-order valence-corrected chi connectivity index (χ2v) is 4.82. The third kappa shape index (κ3) is 3.76. The third-order valence-corrected chi connectivity index (χ3v) is 3.53. The Kier molecular flexibility index (Phi) is 5.22. The zero-order chi connectivity index (χ0) is 15.1. The summed E-state index contributed by atoms with van der Waals surface area (Å²) in [4.78, 5) is 0. The first-order valence-corrected chi connectivity index (χ1v) is 6.94. The van der Waals surface area contributed by atoms with E-state index < -0.39 is 0 Å². The minimum Gasteiger partial charge on any atom is -0.493 e. The molecule has 0 N–H and O–H groups in total. The Balaban J connectivity index is 2.12. The molecule has 1 atom stereocenters. The van der Waals surface area contributed by atoms with Crippen molar-refractivity contribution >= 4 is 0 Å². The highest BCUT2D eigenvalue weighted by Gasteiger charge is 2.14. The molecule has 1 unspecified atom stereocenters. The van der Waals surface area contributed by atoms with Crippen LogP contribution in [0, 0.1) is 11.3 Å². The van der Waals surface area contributed by atoms with Crippen molar-refractivity contribution in [3.05, 3.63) is 59.7 Å². The van der Waals surface area contributed by atoms with Crippen LogP contribution >= 0.6 is 0 Å². The van der Waals surface area contributed by atoms with Crippen molar-refractivity contribution in [2.75, 3.05) is 14.2 Å². The molecular weight excluding hydrogens is 262 g/mol. The summed E-state index contributed by atoms with van der Waals surface area (Å²) in [6.45, 7) is 0. The average molecular weight is 281 g/mol. The topological polar surface area (TPSA) is 42.2 Å². The van der Waals surface area contributed by atoms with E-state index in [-0.39, 0.29) is 5.92 Å². The van der Waals surface area contributed by atoms with Gasteiger partial charge in [0.15, 0.2) is 11.5 Å². The van der Waals surface area contributed by atoms with Gasteiger partial charge in [-0.3, -0.25) is 0 Å². The van der Waals surface area contributed by atoms with Gasteiger partial charge < -0.3 is 9.47 Å². The van der Waals surface area contributed by atoms with Crippen LogP contribution in [-0.4, -0.2) is 14.2 Å². The highest BCUT2D eigenvalue weighted by atomic mass is 16.5. The molecule has 2 aromatic carbocycles. The Hall–Kier alpha value is -2.47. The smallest absolute Gasteiger partial charge is 0.161 e. The number of hydrogen-bond donors (Lipinski definition) is 0. The number of rotatable bonds is 6. The molecule has 0 aliphatic rings. The number of ether oxygens (including phenoxy) is 2. The van der Waals surface area contributed by atoms with E-state index in [0.29, 0.717) is 11.5 Å². The molecule has 0 heterocycles. The lowest BCUT2D eigenvalue weighted by Crippen LogP contribution is -2.00. The monoisotopic (exact) mass is 281 g/mol. The van der Waals surface area contributed by atoms with E-state index in [1.54, 1.807) is 14.2 Å². The van der Waals surface area contributed by atoms with Crippen molar-refractivity contribution in [2.24, 2.45) is 0 Å². The van der Waals surface area contributed by atoms with E-state index in [1.165, 1.54) is 5.56 Å². The molecule has 21 heavy (non-hydrogen) atoms. The lowest BCUT2D eigenvalue weighted by Gasteiger charge is -2.13. The molecule has 0 spiro atoms. The molecule has 0 bridgehead atoms. The summed E-state index contributed by atoms with van der Waals surface area (Å²) < 4.78 is 10.5. The van der Waals surface area contributed by atoms with Gasteiger partial charge in [-0.25, -0.2) is 0 Å². The van der Waals surface area contributed by atoms with E-state index in [2.05, 4.69) is 18.2 Å². The normalized spacial score (nSPS) is 11.5. The standard InChI is InChI=1S/C18H19NO2/c1-20-17-11-10-15(12-18(17)21-2)16(13-19)9-8-14-6-4-3-5-7-14/h3-7,10-12,16H,8-9H2,1-2H3. The highest BCUT2D eigenvalue weighted by Crippen LogP contribution is 2.32. The van der Waals surface area contributed by atoms with Gasteiger partial charge in [0.1, 0.15) is 0 Å². The van der Waals surface area contributed by atoms with Crippen LogP contribution in [0.5, 0.6) is 11.5 Å². The molecule has 108 valence electrons. The molecule has 0 saturated heterocycles. The Morgan fingerprint density at radius 2 is 1.71 bits per heavy atom. The van der Waals surface area contributed by atoms with Crippen molar-refractivity contribution in [1.29, 1.82) is 5.26 Å². The molecule has 0 aliphatic heterocycles. The maximum atomic E-state index is 9.43. The van der Waals surface area contributed by atoms with Crippen LogP contribution in [-0.2, 0) is 6.42 Å². The molecule has 0 fully saturated rings. The van der Waals surface area contributed by atoms with Crippen molar-refractivity contribution in [3.8, 4) is 17.6 Å². The summed E-state index contributed by atoms with van der Waals surface area (Å²) in [5.74, 6) is 1.20. The maximum Gasteiger partial charge on any atom is 0.161 e. The van der Waals surface area contributed by atoms with Gasteiger partial charge in [-0.2, -0.15) is 5.26 Å². The fourth-order valence-electron chi connectivity index (χ4n) is 2.33. The number of nitrogens with zero attached hydrogens (tertiary/aromatic N) is 1. The summed E-state index contributed by atoms with van der Waals surface area (Å²) in [5, 5.41) is 9.43. The third-order valence-electron chi connectivity index (χ3n) is 3.53. The zero-order valence-corrected chi connectivity index (χ0v) is 12.4. The van der Waals surface area contributed by atoms with E-state index in [1.807, 2.05) is 36.4 Å². The second kappa shape index (κ2) is 7.35. The number of methoxy groups -OCH3 is 2. The second-order valence-electron chi connectivity index (χ2n) is 4.82. The van der Waals surface area contributed by atoms with Gasteiger partial charge in [0.2, 0.25) is 0 Å². The van der Waals surface area contributed by atoms with Gasteiger partial charge >= 0.3 is 0 Å².